The summed E-state index contributed by atoms with van der Waals surface area (Å²) in [4.78, 5) is 15.4. The van der Waals surface area contributed by atoms with Gasteiger partial charge in [-0.2, -0.15) is 0 Å². The van der Waals surface area contributed by atoms with Crippen molar-refractivity contribution in [1.82, 2.24) is 4.98 Å². The molecule has 0 radical (unpaired) electrons. The molecule has 1 N–H and O–H groups in total. The van der Waals surface area contributed by atoms with E-state index in [-0.39, 0.29) is 5.97 Å². The Morgan fingerprint density at radius 2 is 1.82 bits per heavy atom. The van der Waals surface area contributed by atoms with Gasteiger partial charge in [0.1, 0.15) is 5.69 Å². The lowest BCUT2D eigenvalue weighted by molar-refractivity contribution is 0.0519. The molecule has 0 fully saturated rings. The first-order valence-electron chi connectivity index (χ1n) is 7.19. The summed E-state index contributed by atoms with van der Waals surface area (Å²) in [5.74, 6) is -0.379. The van der Waals surface area contributed by atoms with Crippen LogP contribution in [-0.2, 0) is 4.74 Å². The molecule has 1 atom stereocenters. The first kappa shape index (κ1) is 14.7. The number of rotatable bonds is 4. The Morgan fingerprint density at radius 1 is 1.14 bits per heavy atom. The molecule has 0 amide bonds. The van der Waals surface area contributed by atoms with E-state index < -0.39 is 5.38 Å². The second-order valence-electron chi connectivity index (χ2n) is 4.95. The number of halogens is 1. The van der Waals surface area contributed by atoms with Crippen LogP contribution in [0.3, 0.4) is 0 Å². The predicted octanol–water partition coefficient (Wildman–Crippen LogP) is 4.67. The number of carbonyl (C=O) groups excluding carboxylic acids is 1. The zero-order valence-electron chi connectivity index (χ0n) is 12.2. The fourth-order valence-corrected chi connectivity index (χ4v) is 2.95. The topological polar surface area (TPSA) is 42.1 Å². The van der Waals surface area contributed by atoms with Crippen LogP contribution in [0.4, 0.5) is 0 Å². The molecular formula is C18H16ClNO2. The minimum absolute atomic E-state index is 0.325. The highest BCUT2D eigenvalue weighted by Gasteiger charge is 2.25. The molecule has 112 valence electrons. The largest absolute Gasteiger partial charge is 0.461 e. The second-order valence-corrected chi connectivity index (χ2v) is 5.39. The van der Waals surface area contributed by atoms with Gasteiger partial charge in [0.05, 0.1) is 12.0 Å². The lowest BCUT2D eigenvalue weighted by atomic mass is 10.0. The van der Waals surface area contributed by atoms with E-state index in [0.29, 0.717) is 12.3 Å². The normalized spacial score (nSPS) is 12.3. The third-order valence-corrected chi connectivity index (χ3v) is 4.04. The highest BCUT2D eigenvalue weighted by molar-refractivity contribution is 6.24. The van der Waals surface area contributed by atoms with E-state index in [1.807, 2.05) is 54.6 Å². The first-order valence-corrected chi connectivity index (χ1v) is 7.62. The number of para-hydroxylation sites is 1. The maximum atomic E-state index is 12.3. The number of hydrogen-bond acceptors (Lipinski definition) is 2. The van der Waals surface area contributed by atoms with Crippen LogP contribution < -0.4 is 0 Å². The SMILES string of the molecule is CCOC(=O)c1[nH]c2ccccc2c1[C@H](Cl)c1ccccc1. The van der Waals surface area contributed by atoms with Crippen LogP contribution in [0.15, 0.2) is 54.6 Å². The van der Waals surface area contributed by atoms with Gasteiger partial charge in [-0.05, 0) is 18.6 Å². The molecule has 1 aromatic heterocycles. The van der Waals surface area contributed by atoms with Crippen molar-refractivity contribution in [3.8, 4) is 0 Å². The Hall–Kier alpha value is -2.26. The summed E-state index contributed by atoms with van der Waals surface area (Å²) >= 11 is 6.67. The molecule has 3 rings (SSSR count). The van der Waals surface area contributed by atoms with Crippen LogP contribution >= 0.6 is 11.6 Å². The molecule has 3 nitrogen and oxygen atoms in total. The second kappa shape index (κ2) is 6.24. The van der Waals surface area contributed by atoms with Gasteiger partial charge in [-0.3, -0.25) is 0 Å². The van der Waals surface area contributed by atoms with Crippen molar-refractivity contribution in [2.75, 3.05) is 6.61 Å². The third kappa shape index (κ3) is 2.60. The van der Waals surface area contributed by atoms with Crippen LogP contribution in [0, 0.1) is 0 Å². The standard InChI is InChI=1S/C18H16ClNO2/c1-2-22-18(21)17-15(13-10-6-7-11-14(13)20-17)16(19)12-8-4-3-5-9-12/h3-11,16,20H,2H2,1H3/t16-/m1/s1. The van der Waals surface area contributed by atoms with Gasteiger partial charge >= 0.3 is 5.97 Å². The molecule has 0 bridgehead atoms. The van der Waals surface area contributed by atoms with E-state index in [1.54, 1.807) is 6.92 Å². The summed E-state index contributed by atoms with van der Waals surface area (Å²) in [6.07, 6.45) is 0. The van der Waals surface area contributed by atoms with Gasteiger partial charge in [0.25, 0.3) is 0 Å². The third-order valence-electron chi connectivity index (χ3n) is 3.57. The highest BCUT2D eigenvalue weighted by Crippen LogP contribution is 2.36. The number of hydrogen-bond donors (Lipinski definition) is 1. The highest BCUT2D eigenvalue weighted by atomic mass is 35.5. The van der Waals surface area contributed by atoms with Gasteiger partial charge < -0.3 is 9.72 Å². The molecule has 0 aliphatic rings. The number of H-pyrrole nitrogens is 1. The van der Waals surface area contributed by atoms with E-state index >= 15 is 0 Å². The summed E-state index contributed by atoms with van der Waals surface area (Å²) in [5.41, 5.74) is 3.01. The number of fused-ring (bicyclic) bond motifs is 1. The van der Waals surface area contributed by atoms with E-state index in [2.05, 4.69) is 4.98 Å². The summed E-state index contributed by atoms with van der Waals surface area (Å²) in [5, 5.41) is 0.520. The van der Waals surface area contributed by atoms with Crippen molar-refractivity contribution >= 4 is 28.5 Å². The molecular weight excluding hydrogens is 298 g/mol. The Labute approximate surface area is 133 Å². The number of carbonyl (C=O) groups is 1. The summed E-state index contributed by atoms with van der Waals surface area (Å²) in [7, 11) is 0. The van der Waals surface area contributed by atoms with Crippen molar-refractivity contribution in [3.05, 3.63) is 71.4 Å². The summed E-state index contributed by atoms with van der Waals surface area (Å²) in [6, 6.07) is 17.5. The monoisotopic (exact) mass is 313 g/mol. The van der Waals surface area contributed by atoms with Crippen LogP contribution in [0.2, 0.25) is 0 Å². The minimum Gasteiger partial charge on any atom is -0.461 e. The smallest absolute Gasteiger partial charge is 0.355 e. The van der Waals surface area contributed by atoms with E-state index in [4.69, 9.17) is 16.3 Å². The van der Waals surface area contributed by atoms with Gasteiger partial charge in [-0.25, -0.2) is 4.79 Å². The number of nitrogens with one attached hydrogen (secondary N) is 1. The first-order chi connectivity index (χ1) is 10.7. The molecule has 3 aromatic rings. The van der Waals surface area contributed by atoms with Crippen molar-refractivity contribution in [2.24, 2.45) is 0 Å². The van der Waals surface area contributed by atoms with Crippen LogP contribution in [-0.4, -0.2) is 17.6 Å². The number of esters is 1. The Bertz CT molecular complexity index is 795. The fourth-order valence-electron chi connectivity index (χ4n) is 2.58. The molecule has 0 saturated heterocycles. The molecule has 0 unspecified atom stereocenters. The van der Waals surface area contributed by atoms with Crippen molar-refractivity contribution < 1.29 is 9.53 Å². The maximum Gasteiger partial charge on any atom is 0.355 e. The molecule has 2 aromatic carbocycles. The zero-order chi connectivity index (χ0) is 15.5. The molecule has 0 spiro atoms. The van der Waals surface area contributed by atoms with E-state index in [9.17, 15) is 4.79 Å². The average molecular weight is 314 g/mol. The van der Waals surface area contributed by atoms with Crippen molar-refractivity contribution in [3.63, 3.8) is 0 Å². The summed E-state index contributed by atoms with van der Waals surface area (Å²) in [6.45, 7) is 2.11. The Balaban J connectivity index is 2.17. The molecule has 0 aliphatic heterocycles. The van der Waals surface area contributed by atoms with Gasteiger partial charge in [0.15, 0.2) is 0 Å². The van der Waals surface area contributed by atoms with E-state index in [1.165, 1.54) is 0 Å². The summed E-state index contributed by atoms with van der Waals surface area (Å²) < 4.78 is 5.16. The Morgan fingerprint density at radius 3 is 2.55 bits per heavy atom. The van der Waals surface area contributed by atoms with Gasteiger partial charge in [-0.15, -0.1) is 11.6 Å². The minimum atomic E-state index is -0.420. The zero-order valence-corrected chi connectivity index (χ0v) is 12.9. The van der Waals surface area contributed by atoms with Crippen molar-refractivity contribution in [2.45, 2.75) is 12.3 Å². The molecule has 0 saturated carbocycles. The number of ether oxygens (including phenoxy) is 1. The molecule has 22 heavy (non-hydrogen) atoms. The van der Waals surface area contributed by atoms with Gasteiger partial charge in [0, 0.05) is 16.5 Å². The number of aromatic amines is 1. The number of aromatic nitrogens is 1. The van der Waals surface area contributed by atoms with Gasteiger partial charge in [0.2, 0.25) is 0 Å². The molecule has 1 heterocycles. The van der Waals surface area contributed by atoms with E-state index in [0.717, 1.165) is 22.0 Å². The quantitative estimate of drug-likeness (QED) is 0.561. The fraction of sp³-hybridized carbons (Fsp3) is 0.167. The van der Waals surface area contributed by atoms with Crippen LogP contribution in [0.1, 0.15) is 33.9 Å². The number of alkyl halides is 1. The lowest BCUT2D eigenvalue weighted by Crippen LogP contribution is -2.09. The van der Waals surface area contributed by atoms with Gasteiger partial charge in [-0.1, -0.05) is 48.5 Å². The Kier molecular flexibility index (Phi) is 4.16. The van der Waals surface area contributed by atoms with Crippen LogP contribution in [0.25, 0.3) is 10.9 Å². The average Bonchev–Trinajstić information content (AvgIpc) is 2.95. The van der Waals surface area contributed by atoms with Crippen LogP contribution in [0.5, 0.6) is 0 Å². The predicted molar refractivity (Wildman–Crippen MR) is 88.4 cm³/mol. The molecule has 0 aliphatic carbocycles. The maximum absolute atomic E-state index is 12.3. The van der Waals surface area contributed by atoms with Crippen molar-refractivity contribution in [1.29, 1.82) is 0 Å². The molecule has 4 heteroatoms. The lowest BCUT2D eigenvalue weighted by Gasteiger charge is -2.11. The number of benzene rings is 2.